The van der Waals surface area contributed by atoms with Gasteiger partial charge in [-0.3, -0.25) is 0 Å². The van der Waals surface area contributed by atoms with E-state index in [1.54, 1.807) is 0 Å². The third-order valence-corrected chi connectivity index (χ3v) is 3.20. The van der Waals surface area contributed by atoms with Gasteiger partial charge in [0.2, 0.25) is 11.8 Å². The molecule has 2 rings (SSSR count). The number of hydrogen-bond donors (Lipinski definition) is 1. The molecule has 1 heterocycles. The Labute approximate surface area is 125 Å². The number of nitrogens with zero attached hydrogens (tertiary/aromatic N) is 3. The Morgan fingerprint density at radius 3 is 2.57 bits per heavy atom. The zero-order valence-corrected chi connectivity index (χ0v) is 12.8. The summed E-state index contributed by atoms with van der Waals surface area (Å²) in [6.07, 6.45) is 0. The van der Waals surface area contributed by atoms with Crippen molar-refractivity contribution in [1.82, 2.24) is 9.97 Å². The molecule has 5 nitrogen and oxygen atoms in total. The molecule has 0 unspecified atom stereocenters. The van der Waals surface area contributed by atoms with E-state index in [4.69, 9.17) is 10.5 Å². The van der Waals surface area contributed by atoms with Crippen molar-refractivity contribution in [2.75, 3.05) is 18.6 Å². The molecular weight excluding hydrogens is 264 g/mol. The van der Waals surface area contributed by atoms with Crippen molar-refractivity contribution in [3.63, 3.8) is 0 Å². The van der Waals surface area contributed by atoms with E-state index >= 15 is 0 Å². The van der Waals surface area contributed by atoms with Gasteiger partial charge in [-0.1, -0.05) is 24.3 Å². The van der Waals surface area contributed by atoms with Crippen LogP contribution in [0.3, 0.4) is 0 Å². The van der Waals surface area contributed by atoms with Crippen molar-refractivity contribution >= 4 is 5.95 Å². The predicted molar refractivity (Wildman–Crippen MR) is 84.4 cm³/mol. The minimum Gasteiger partial charge on any atom is -0.478 e. The highest BCUT2D eigenvalue weighted by Crippen LogP contribution is 2.18. The standard InChI is InChI=1S/C16H22N4O/c1-4-21-15-9-12(2)18-16(19-15)20(3)11-14-8-6-5-7-13(14)10-17/h5-9H,4,10-11,17H2,1-3H3. The lowest BCUT2D eigenvalue weighted by atomic mass is 10.1. The van der Waals surface area contributed by atoms with Gasteiger partial charge in [-0.15, -0.1) is 0 Å². The lowest BCUT2D eigenvalue weighted by molar-refractivity contribution is 0.326. The summed E-state index contributed by atoms with van der Waals surface area (Å²) in [7, 11) is 1.97. The van der Waals surface area contributed by atoms with Gasteiger partial charge < -0.3 is 15.4 Å². The molecule has 0 spiro atoms. The highest BCUT2D eigenvalue weighted by atomic mass is 16.5. The highest BCUT2D eigenvalue weighted by Gasteiger charge is 2.10. The van der Waals surface area contributed by atoms with Crippen LogP contribution in [0.2, 0.25) is 0 Å². The molecule has 0 fully saturated rings. The van der Waals surface area contributed by atoms with Crippen LogP contribution >= 0.6 is 0 Å². The van der Waals surface area contributed by atoms with E-state index in [1.165, 1.54) is 5.56 Å². The number of hydrogen-bond acceptors (Lipinski definition) is 5. The second-order valence-corrected chi connectivity index (χ2v) is 4.91. The zero-order chi connectivity index (χ0) is 15.2. The van der Waals surface area contributed by atoms with Crippen molar-refractivity contribution in [1.29, 1.82) is 0 Å². The van der Waals surface area contributed by atoms with E-state index in [2.05, 4.69) is 16.0 Å². The zero-order valence-electron chi connectivity index (χ0n) is 12.8. The minimum atomic E-state index is 0.531. The van der Waals surface area contributed by atoms with E-state index < -0.39 is 0 Å². The second-order valence-electron chi connectivity index (χ2n) is 4.91. The third-order valence-electron chi connectivity index (χ3n) is 3.20. The van der Waals surface area contributed by atoms with Gasteiger partial charge >= 0.3 is 0 Å². The number of aryl methyl sites for hydroxylation is 1. The van der Waals surface area contributed by atoms with Gasteiger partial charge in [-0.2, -0.15) is 4.98 Å². The lowest BCUT2D eigenvalue weighted by Gasteiger charge is -2.19. The molecule has 0 saturated carbocycles. The van der Waals surface area contributed by atoms with Crippen LogP contribution in [0.25, 0.3) is 0 Å². The first kappa shape index (κ1) is 15.3. The fraction of sp³-hybridized carbons (Fsp3) is 0.375. The second kappa shape index (κ2) is 7.04. The normalized spacial score (nSPS) is 10.5. The average molecular weight is 286 g/mol. The number of benzene rings is 1. The van der Waals surface area contributed by atoms with Gasteiger partial charge in [-0.05, 0) is 25.0 Å². The molecule has 1 aromatic heterocycles. The molecular formula is C16H22N4O. The lowest BCUT2D eigenvalue weighted by Crippen LogP contribution is -2.21. The average Bonchev–Trinajstić information content (AvgIpc) is 2.47. The van der Waals surface area contributed by atoms with Crippen molar-refractivity contribution in [2.24, 2.45) is 5.73 Å². The van der Waals surface area contributed by atoms with Crippen molar-refractivity contribution in [2.45, 2.75) is 26.9 Å². The van der Waals surface area contributed by atoms with Crippen molar-refractivity contribution < 1.29 is 4.74 Å². The van der Waals surface area contributed by atoms with Crippen LogP contribution in [0, 0.1) is 6.92 Å². The van der Waals surface area contributed by atoms with E-state index in [0.29, 0.717) is 31.5 Å². The largest absolute Gasteiger partial charge is 0.478 e. The number of ether oxygens (including phenoxy) is 1. The quantitative estimate of drug-likeness (QED) is 0.882. The first-order valence-electron chi connectivity index (χ1n) is 7.10. The Kier molecular flexibility index (Phi) is 5.11. The molecule has 0 amide bonds. The molecule has 2 aromatic rings. The molecule has 0 atom stereocenters. The van der Waals surface area contributed by atoms with E-state index in [0.717, 1.165) is 11.3 Å². The van der Waals surface area contributed by atoms with Crippen LogP contribution in [-0.4, -0.2) is 23.6 Å². The fourth-order valence-electron chi connectivity index (χ4n) is 2.15. The smallest absolute Gasteiger partial charge is 0.228 e. The van der Waals surface area contributed by atoms with E-state index in [-0.39, 0.29) is 0 Å². The maximum atomic E-state index is 5.78. The van der Waals surface area contributed by atoms with E-state index in [9.17, 15) is 0 Å². The number of aromatic nitrogens is 2. The molecule has 0 saturated heterocycles. The summed E-state index contributed by atoms with van der Waals surface area (Å²) in [5.74, 6) is 1.27. The molecule has 0 aliphatic carbocycles. The third kappa shape index (κ3) is 3.92. The summed E-state index contributed by atoms with van der Waals surface area (Å²) in [6.45, 7) is 5.72. The molecule has 2 N–H and O–H groups in total. The fourth-order valence-corrected chi connectivity index (χ4v) is 2.15. The summed E-state index contributed by atoms with van der Waals surface area (Å²) in [5.41, 5.74) is 9.00. The Hall–Kier alpha value is -2.14. The SMILES string of the molecule is CCOc1cc(C)nc(N(C)Cc2ccccc2CN)n1. The van der Waals surface area contributed by atoms with Gasteiger partial charge in [0.05, 0.1) is 6.61 Å². The van der Waals surface area contributed by atoms with Crippen molar-refractivity contribution in [3.05, 3.63) is 47.2 Å². The van der Waals surface area contributed by atoms with Crippen LogP contribution in [-0.2, 0) is 13.1 Å². The molecule has 21 heavy (non-hydrogen) atoms. The first-order chi connectivity index (χ1) is 10.1. The number of rotatable bonds is 6. The molecule has 0 aliphatic heterocycles. The maximum Gasteiger partial charge on any atom is 0.228 e. The van der Waals surface area contributed by atoms with Crippen LogP contribution in [0.1, 0.15) is 23.7 Å². The van der Waals surface area contributed by atoms with Gasteiger partial charge in [0.1, 0.15) is 0 Å². The van der Waals surface area contributed by atoms with E-state index in [1.807, 2.05) is 50.1 Å². The molecule has 0 aliphatic rings. The summed E-state index contributed by atoms with van der Waals surface area (Å²) < 4.78 is 5.47. The summed E-state index contributed by atoms with van der Waals surface area (Å²) in [5, 5.41) is 0. The van der Waals surface area contributed by atoms with Gasteiger partial charge in [0.25, 0.3) is 0 Å². The number of anilines is 1. The Morgan fingerprint density at radius 1 is 1.19 bits per heavy atom. The maximum absolute atomic E-state index is 5.78. The molecule has 0 bridgehead atoms. The van der Waals surface area contributed by atoms with Gasteiger partial charge in [-0.25, -0.2) is 4.98 Å². The summed E-state index contributed by atoms with van der Waals surface area (Å²) in [6, 6.07) is 9.99. The van der Waals surface area contributed by atoms with Gasteiger partial charge in [0, 0.05) is 31.9 Å². The number of nitrogens with two attached hydrogens (primary N) is 1. The van der Waals surface area contributed by atoms with Crippen LogP contribution in [0.5, 0.6) is 5.88 Å². The molecule has 112 valence electrons. The monoisotopic (exact) mass is 286 g/mol. The Morgan fingerprint density at radius 2 is 1.90 bits per heavy atom. The Balaban J connectivity index is 2.21. The molecule has 0 radical (unpaired) electrons. The summed E-state index contributed by atoms with van der Waals surface area (Å²) in [4.78, 5) is 10.9. The topological polar surface area (TPSA) is 64.3 Å². The molecule has 5 heteroatoms. The van der Waals surface area contributed by atoms with Crippen LogP contribution in [0.4, 0.5) is 5.95 Å². The van der Waals surface area contributed by atoms with Gasteiger partial charge in [0.15, 0.2) is 0 Å². The Bertz CT molecular complexity index is 601. The van der Waals surface area contributed by atoms with Crippen LogP contribution < -0.4 is 15.4 Å². The minimum absolute atomic E-state index is 0.531. The van der Waals surface area contributed by atoms with Crippen LogP contribution in [0.15, 0.2) is 30.3 Å². The molecule has 1 aromatic carbocycles. The summed E-state index contributed by atoms with van der Waals surface area (Å²) >= 11 is 0. The highest BCUT2D eigenvalue weighted by molar-refractivity contribution is 5.37. The van der Waals surface area contributed by atoms with Crippen molar-refractivity contribution in [3.8, 4) is 5.88 Å². The predicted octanol–water partition coefficient (Wildman–Crippen LogP) is 2.28. The first-order valence-corrected chi connectivity index (χ1v) is 7.10.